The summed E-state index contributed by atoms with van der Waals surface area (Å²) in [4.78, 5) is 33.4. The van der Waals surface area contributed by atoms with Gasteiger partial charge in [-0.3, -0.25) is 5.04 Å². The van der Waals surface area contributed by atoms with Crippen LogP contribution in [-0.2, 0) is 19.5 Å². The van der Waals surface area contributed by atoms with Crippen LogP contribution < -0.4 is 232 Å². The first kappa shape index (κ1) is 50.6. The molecule has 0 saturated heterocycles. The monoisotopic (exact) mass is 852 g/mol. The van der Waals surface area contributed by atoms with Gasteiger partial charge in [0.1, 0.15) is 15.8 Å². The van der Waals surface area contributed by atoms with E-state index in [-0.39, 0.29) is 263 Å². The number of phenols is 1. The Morgan fingerprint density at radius 2 is 1.38 bits per heavy atom. The maximum Gasteiger partial charge on any atom is 1.00 e. The third-order valence-electron chi connectivity index (χ3n) is 6.21. The van der Waals surface area contributed by atoms with Crippen LogP contribution in [0.5, 0.6) is 11.8 Å². The number of benzene rings is 4. The van der Waals surface area contributed by atoms with Crippen LogP contribution in [-0.4, -0.2) is 50.1 Å². The van der Waals surface area contributed by atoms with Gasteiger partial charge >= 0.3 is 212 Å². The van der Waals surface area contributed by atoms with Gasteiger partial charge in [-0.2, -0.15) is 19.3 Å². The van der Waals surface area contributed by atoms with Gasteiger partial charge in [0.25, 0.3) is 0 Å². The van der Waals surface area contributed by atoms with Crippen molar-refractivity contribution in [3.05, 3.63) is 77.9 Å². The molecule has 0 aliphatic heterocycles. The molecule has 5 rings (SSSR count). The van der Waals surface area contributed by atoms with Crippen LogP contribution in [0.1, 0.15) is 22.1 Å². The number of carbonyl (C=O) groups excluding carboxylic acids is 2. The van der Waals surface area contributed by atoms with Crippen molar-refractivity contribution in [1.82, 2.24) is 15.0 Å². The summed E-state index contributed by atoms with van der Waals surface area (Å²) in [6.45, 7) is 0. The van der Waals surface area contributed by atoms with Gasteiger partial charge in [0.15, 0.2) is 5.75 Å². The zero-order valence-electron chi connectivity index (χ0n) is 28.4. The van der Waals surface area contributed by atoms with Gasteiger partial charge < -0.3 is 51.9 Å². The molecule has 19 nitrogen and oxygen atoms in total. The van der Waals surface area contributed by atoms with Crippen molar-refractivity contribution in [2.24, 2.45) is 10.2 Å². The number of nitrogens with zero attached hydrogens (tertiary/aromatic N) is 5. The molecule has 4 aromatic carbocycles. The first-order valence-electron chi connectivity index (χ1n) is 12.8. The van der Waals surface area contributed by atoms with Crippen molar-refractivity contribution in [1.29, 1.82) is 0 Å². The molecule has 0 atom stereocenters. The first-order chi connectivity index (χ1) is 22.8. The van der Waals surface area contributed by atoms with Crippen LogP contribution in [0.2, 0.25) is 0 Å². The Kier molecular flexibility index (Phi) is 22.5. The fourth-order valence-corrected chi connectivity index (χ4v) is 5.26. The number of carbonyl (C=O) groups is 2. The van der Waals surface area contributed by atoms with Crippen LogP contribution in [0.15, 0.2) is 86.7 Å². The molecule has 0 aliphatic rings. The summed E-state index contributed by atoms with van der Waals surface area (Å²) in [6.07, 6.45) is 0. The average Bonchev–Trinajstić information content (AvgIpc) is 3.02. The standard InChI is InChI=1S/C27H19N7O12S2.4K.H/c35-22-20-12(10-19(47-46-45-41)21(22)34-33-17-8-4-2-6-15(17)24(38)39)9-13(48(42,43)44)11-18(20)29-26-30-25(31-27(40)32-26)28-16-7-3-1-5-14(16)23(36)37;;;;;/h1-11,35,41H,(H,36,37)(H,38,39)(H,42,43,44)(H3,28,29,30,31,32,40);;;;;/q;4*+1;-1/p-4/i;;;;;1+2. The molecule has 0 bridgehead atoms. The van der Waals surface area contributed by atoms with Gasteiger partial charge in [0.2, 0.25) is 11.9 Å². The van der Waals surface area contributed by atoms with E-state index in [1.54, 1.807) is 0 Å². The molecule has 5 aromatic rings. The molecule has 248 valence electrons. The van der Waals surface area contributed by atoms with Crippen LogP contribution in [0.4, 0.5) is 34.6 Å². The van der Waals surface area contributed by atoms with E-state index < -0.39 is 56.3 Å². The van der Waals surface area contributed by atoms with E-state index in [0.717, 1.165) is 18.2 Å². The minimum Gasteiger partial charge on any atom is -1.00 e. The Bertz CT molecular complexity index is 2250. The van der Waals surface area contributed by atoms with Crippen LogP contribution >= 0.6 is 12.0 Å². The van der Waals surface area contributed by atoms with Crippen LogP contribution in [0, 0.1) is 0 Å². The Hall–Kier alpha value is 0.575. The quantitative estimate of drug-likeness (QED) is 0.0226. The van der Waals surface area contributed by atoms with E-state index in [2.05, 4.69) is 45.2 Å². The molecular weight excluding hydrogens is 835 g/mol. The van der Waals surface area contributed by atoms with E-state index in [0.29, 0.717) is 0 Å². The first-order valence-corrected chi connectivity index (χ1v) is 14.9. The molecule has 0 aliphatic carbocycles. The predicted octanol–water partition coefficient (Wildman–Crippen LogP) is -10.7. The van der Waals surface area contributed by atoms with Crippen molar-refractivity contribution in [3.63, 3.8) is 0 Å². The SMILES string of the molecule is O=C([O-])c1ccccc1N=Nc1c(SOO[O-])cc2cc(S(=O)(=O)[O-])cc(Nc3nc(O)nc(Nc4ccccc4C(=O)[O-])n3)c2c1O.[3H-].[K+].[K+].[K+].[K+]. The second-order valence-corrected chi connectivity index (χ2v) is 11.3. The largest absolute Gasteiger partial charge is 1.00 e. The molecule has 0 fully saturated rings. The minimum atomic E-state index is -5.16. The van der Waals surface area contributed by atoms with E-state index in [9.17, 15) is 48.2 Å². The zero-order valence-corrected chi connectivity index (χ0v) is 41.5. The van der Waals surface area contributed by atoms with Gasteiger partial charge in [0.05, 0.1) is 45.1 Å². The number of hydrogen-bond acceptors (Lipinski definition) is 20. The number of azo groups is 1. The number of carboxylic acids is 2. The average molecular weight is 853 g/mol. The second-order valence-electron chi connectivity index (χ2n) is 9.18. The fraction of sp³-hybridized carbons (Fsp3) is 0. The molecule has 1 aromatic heterocycles. The molecule has 25 heteroatoms. The Balaban J connectivity index is 0.00000541. The van der Waals surface area contributed by atoms with Crippen molar-refractivity contribution in [3.8, 4) is 11.8 Å². The third-order valence-corrected chi connectivity index (χ3v) is 7.64. The number of rotatable bonds is 12. The summed E-state index contributed by atoms with van der Waals surface area (Å²) in [7, 11) is -5.16. The summed E-state index contributed by atoms with van der Waals surface area (Å²) in [5.74, 6) is -4.77. The number of aromatic carboxylic acids is 2. The molecule has 0 amide bonds. The maximum atomic E-state index is 12.1. The molecule has 0 unspecified atom stereocenters. The molecule has 0 spiro atoms. The summed E-state index contributed by atoms with van der Waals surface area (Å²) in [5, 5.41) is 71.1. The Labute approximate surface area is 469 Å². The fourth-order valence-electron chi connectivity index (χ4n) is 4.24. The number of phenolic OH excluding ortho intramolecular Hbond substituents is 1. The number of nitrogens with one attached hydrogen (secondary N) is 2. The summed E-state index contributed by atoms with van der Waals surface area (Å²) in [5.41, 5.74) is -1.65. The molecule has 1 heterocycles. The van der Waals surface area contributed by atoms with Crippen molar-refractivity contribution in [2.45, 2.75) is 9.79 Å². The Morgan fingerprint density at radius 1 is 0.808 bits per heavy atom. The van der Waals surface area contributed by atoms with E-state index in [4.69, 9.17) is 0 Å². The molecule has 0 saturated carbocycles. The van der Waals surface area contributed by atoms with Crippen LogP contribution in [0.25, 0.3) is 10.8 Å². The summed E-state index contributed by atoms with van der Waals surface area (Å²) < 4.78 is 40.5. The van der Waals surface area contributed by atoms with E-state index in [1.807, 2.05) is 0 Å². The van der Waals surface area contributed by atoms with Crippen molar-refractivity contribution < 1.29 is 265 Å². The smallest absolute Gasteiger partial charge is 1.00 e. The normalized spacial score (nSPS) is 10.7. The van der Waals surface area contributed by atoms with Gasteiger partial charge in [-0.25, -0.2) is 8.42 Å². The molecule has 52 heavy (non-hydrogen) atoms. The molecule has 4 N–H and O–H groups in total. The van der Waals surface area contributed by atoms with Gasteiger partial charge in [-0.05, 0) is 35.7 Å². The molecule has 0 radical (unpaired) electrons. The van der Waals surface area contributed by atoms with Crippen LogP contribution in [0.3, 0.4) is 0 Å². The number of carboxylic acid groups (broad SMARTS) is 2. The summed E-state index contributed by atoms with van der Waals surface area (Å²) >= 11 is 0.207. The van der Waals surface area contributed by atoms with Crippen molar-refractivity contribution in [2.75, 3.05) is 10.6 Å². The van der Waals surface area contributed by atoms with Gasteiger partial charge in [0, 0.05) is 22.2 Å². The number of anilines is 4. The van der Waals surface area contributed by atoms with Gasteiger partial charge in [-0.1, -0.05) is 36.4 Å². The second kappa shape index (κ2) is 23.1. The summed E-state index contributed by atoms with van der Waals surface area (Å²) in [6, 6.07) is 12.7. The van der Waals surface area contributed by atoms with Crippen molar-refractivity contribution >= 4 is 79.5 Å². The number of fused-ring (bicyclic) bond motifs is 1. The zero-order chi connectivity index (χ0) is 34.6. The predicted molar refractivity (Wildman–Crippen MR) is 156 cm³/mol. The Morgan fingerprint density at radius 3 is 1.98 bits per heavy atom. The number of hydrogen-bond donors (Lipinski definition) is 4. The maximum absolute atomic E-state index is 12.1. The number of para-hydroxylation sites is 1. The van der Waals surface area contributed by atoms with E-state index >= 15 is 0 Å². The number of aromatic nitrogens is 3. The van der Waals surface area contributed by atoms with Gasteiger partial charge in [-0.15, -0.1) is 10.2 Å². The van der Waals surface area contributed by atoms with E-state index in [1.165, 1.54) is 48.5 Å². The topological polar surface area (TPSA) is 307 Å². The third kappa shape index (κ3) is 13.1. The number of aromatic hydroxyl groups is 2. The minimum absolute atomic E-state index is 0. The molecular formula is C27H16K4N7O12S2-.